The summed E-state index contributed by atoms with van der Waals surface area (Å²) in [5.41, 5.74) is 2.46. The van der Waals surface area contributed by atoms with E-state index in [0.29, 0.717) is 25.1 Å². The fourth-order valence-corrected chi connectivity index (χ4v) is 2.57. The Kier molecular flexibility index (Phi) is 7.20. The third-order valence-corrected chi connectivity index (χ3v) is 4.06. The molecule has 0 radical (unpaired) electrons. The predicted octanol–water partition coefficient (Wildman–Crippen LogP) is 4.48. The molecule has 4 heteroatoms. The summed E-state index contributed by atoms with van der Waals surface area (Å²) in [7, 11) is 0. The molecule has 0 spiro atoms. The van der Waals surface area contributed by atoms with Crippen LogP contribution >= 0.6 is 0 Å². The Hall–Kier alpha value is -2.62. The molecule has 0 bridgehead atoms. The van der Waals surface area contributed by atoms with E-state index >= 15 is 0 Å². The van der Waals surface area contributed by atoms with Crippen LogP contribution in [0.15, 0.2) is 54.6 Å². The number of carbonyl (C=O) groups is 2. The summed E-state index contributed by atoms with van der Waals surface area (Å²) in [6.07, 6.45) is 2.40. The Morgan fingerprint density at radius 3 is 2.24 bits per heavy atom. The number of nitrogens with one attached hydrogen (secondary N) is 1. The Morgan fingerprint density at radius 1 is 0.960 bits per heavy atom. The van der Waals surface area contributed by atoms with Gasteiger partial charge in [0.1, 0.15) is 0 Å². The number of hydrogen-bond donors (Lipinski definition) is 1. The summed E-state index contributed by atoms with van der Waals surface area (Å²) in [6.45, 7) is 5.26. The number of nitrogens with zero attached hydrogens (tertiary/aromatic N) is 1. The van der Waals surface area contributed by atoms with Crippen molar-refractivity contribution in [2.24, 2.45) is 0 Å². The predicted molar refractivity (Wildman–Crippen MR) is 101 cm³/mol. The highest BCUT2D eigenvalue weighted by Crippen LogP contribution is 2.14. The van der Waals surface area contributed by atoms with E-state index < -0.39 is 0 Å². The Morgan fingerprint density at radius 2 is 1.64 bits per heavy atom. The maximum absolute atomic E-state index is 12.7. The molecule has 2 aromatic carbocycles. The van der Waals surface area contributed by atoms with Crippen LogP contribution in [0.25, 0.3) is 0 Å². The number of benzene rings is 2. The van der Waals surface area contributed by atoms with Crippen LogP contribution in [0, 0.1) is 0 Å². The van der Waals surface area contributed by atoms with Crippen LogP contribution in [0.4, 0.5) is 5.69 Å². The van der Waals surface area contributed by atoms with Crippen molar-refractivity contribution in [3.63, 3.8) is 0 Å². The van der Waals surface area contributed by atoms with Gasteiger partial charge in [-0.25, -0.2) is 0 Å². The van der Waals surface area contributed by atoms with Crippen molar-refractivity contribution < 1.29 is 9.59 Å². The molecule has 0 fully saturated rings. The van der Waals surface area contributed by atoms with E-state index in [1.165, 1.54) is 0 Å². The van der Waals surface area contributed by atoms with Crippen LogP contribution in [0.1, 0.15) is 49.0 Å². The third-order valence-electron chi connectivity index (χ3n) is 4.06. The summed E-state index contributed by atoms with van der Waals surface area (Å²) in [5.74, 6) is 0.00963. The van der Waals surface area contributed by atoms with Gasteiger partial charge in [0.05, 0.1) is 0 Å². The second kappa shape index (κ2) is 9.62. The molecular formula is C21H26N2O2. The quantitative estimate of drug-likeness (QED) is 0.771. The first-order valence-electron chi connectivity index (χ1n) is 8.87. The molecule has 0 saturated heterocycles. The fraction of sp³-hybridized carbons (Fsp3) is 0.333. The lowest BCUT2D eigenvalue weighted by atomic mass is 10.1. The average molecular weight is 338 g/mol. The van der Waals surface area contributed by atoms with Gasteiger partial charge >= 0.3 is 0 Å². The Labute approximate surface area is 149 Å². The van der Waals surface area contributed by atoms with Gasteiger partial charge in [-0.15, -0.1) is 0 Å². The number of amides is 2. The molecule has 2 aromatic rings. The number of carbonyl (C=O) groups excluding carboxylic acids is 2. The molecule has 0 unspecified atom stereocenters. The van der Waals surface area contributed by atoms with Gasteiger partial charge in [-0.1, -0.05) is 43.7 Å². The van der Waals surface area contributed by atoms with Crippen molar-refractivity contribution in [1.82, 2.24) is 4.90 Å². The van der Waals surface area contributed by atoms with Gasteiger partial charge in [0.2, 0.25) is 5.91 Å². The topological polar surface area (TPSA) is 49.4 Å². The normalized spacial score (nSPS) is 10.3. The van der Waals surface area contributed by atoms with Gasteiger partial charge in [0.15, 0.2) is 0 Å². The second-order valence-electron chi connectivity index (χ2n) is 6.03. The van der Waals surface area contributed by atoms with Gasteiger partial charge in [-0.05, 0) is 43.2 Å². The van der Waals surface area contributed by atoms with E-state index in [4.69, 9.17) is 0 Å². The zero-order valence-corrected chi connectivity index (χ0v) is 15.0. The van der Waals surface area contributed by atoms with Crippen LogP contribution in [0.3, 0.4) is 0 Å². The molecule has 4 nitrogen and oxygen atoms in total. The molecule has 132 valence electrons. The Bertz CT molecular complexity index is 681. The maximum Gasteiger partial charge on any atom is 0.254 e. The molecule has 2 rings (SSSR count). The highest BCUT2D eigenvalue weighted by Gasteiger charge is 2.14. The summed E-state index contributed by atoms with van der Waals surface area (Å²) in [4.78, 5) is 26.3. The summed E-state index contributed by atoms with van der Waals surface area (Å²) < 4.78 is 0. The van der Waals surface area contributed by atoms with Crippen molar-refractivity contribution in [3.05, 3.63) is 65.7 Å². The van der Waals surface area contributed by atoms with Gasteiger partial charge in [-0.3, -0.25) is 9.59 Å². The summed E-state index contributed by atoms with van der Waals surface area (Å²) >= 11 is 0. The smallest absolute Gasteiger partial charge is 0.254 e. The molecule has 0 aliphatic carbocycles. The second-order valence-corrected chi connectivity index (χ2v) is 6.03. The van der Waals surface area contributed by atoms with E-state index in [9.17, 15) is 9.59 Å². The van der Waals surface area contributed by atoms with Crippen molar-refractivity contribution >= 4 is 17.5 Å². The molecular weight excluding hydrogens is 312 g/mol. The molecule has 1 N–H and O–H groups in total. The van der Waals surface area contributed by atoms with Crippen LogP contribution < -0.4 is 5.32 Å². The van der Waals surface area contributed by atoms with Gasteiger partial charge in [0.25, 0.3) is 5.91 Å². The molecule has 0 heterocycles. The largest absolute Gasteiger partial charge is 0.335 e. The van der Waals surface area contributed by atoms with E-state index in [0.717, 1.165) is 24.1 Å². The highest BCUT2D eigenvalue weighted by molar-refractivity contribution is 5.95. The highest BCUT2D eigenvalue weighted by atomic mass is 16.2. The summed E-state index contributed by atoms with van der Waals surface area (Å²) in [5, 5.41) is 2.86. The zero-order chi connectivity index (χ0) is 18.1. The van der Waals surface area contributed by atoms with E-state index in [1.807, 2.05) is 42.2 Å². The van der Waals surface area contributed by atoms with E-state index in [2.05, 4.69) is 12.2 Å². The molecule has 25 heavy (non-hydrogen) atoms. The van der Waals surface area contributed by atoms with Crippen LogP contribution in [0.2, 0.25) is 0 Å². The molecule has 2 amide bonds. The number of rotatable bonds is 8. The lowest BCUT2D eigenvalue weighted by Gasteiger charge is -2.21. The van der Waals surface area contributed by atoms with Crippen LogP contribution in [-0.2, 0) is 11.3 Å². The maximum atomic E-state index is 12.7. The molecule has 0 aromatic heterocycles. The molecule has 0 atom stereocenters. The first-order chi connectivity index (χ1) is 12.1. The SMILES string of the molecule is CCCCC(=O)Nc1ccc(C(=O)N(CC)Cc2ccccc2)cc1. The lowest BCUT2D eigenvalue weighted by molar-refractivity contribution is -0.116. The fourth-order valence-electron chi connectivity index (χ4n) is 2.57. The number of unbranched alkanes of at least 4 members (excludes halogenated alkanes) is 1. The minimum atomic E-state index is -0.00443. The lowest BCUT2D eigenvalue weighted by Crippen LogP contribution is -2.30. The average Bonchev–Trinajstić information content (AvgIpc) is 2.65. The first-order valence-corrected chi connectivity index (χ1v) is 8.87. The van der Waals surface area contributed by atoms with Crippen molar-refractivity contribution in [3.8, 4) is 0 Å². The van der Waals surface area contributed by atoms with Gasteiger partial charge in [-0.2, -0.15) is 0 Å². The third kappa shape index (κ3) is 5.75. The zero-order valence-electron chi connectivity index (χ0n) is 15.0. The van der Waals surface area contributed by atoms with E-state index in [1.54, 1.807) is 24.3 Å². The van der Waals surface area contributed by atoms with Crippen molar-refractivity contribution in [1.29, 1.82) is 0 Å². The van der Waals surface area contributed by atoms with Crippen LogP contribution in [0.5, 0.6) is 0 Å². The van der Waals surface area contributed by atoms with Crippen molar-refractivity contribution in [2.75, 3.05) is 11.9 Å². The van der Waals surface area contributed by atoms with Crippen molar-refractivity contribution in [2.45, 2.75) is 39.7 Å². The Balaban J connectivity index is 1.99. The molecule has 0 aliphatic heterocycles. The summed E-state index contributed by atoms with van der Waals surface area (Å²) in [6, 6.07) is 17.1. The number of anilines is 1. The van der Waals surface area contributed by atoms with Crippen LogP contribution in [-0.4, -0.2) is 23.3 Å². The molecule has 0 saturated carbocycles. The standard InChI is InChI=1S/C21H26N2O2/c1-3-5-11-20(24)22-19-14-12-18(13-15-19)21(25)23(4-2)16-17-9-7-6-8-10-17/h6-10,12-15H,3-5,11,16H2,1-2H3,(H,22,24). The minimum absolute atomic E-state index is 0.00443. The van der Waals surface area contributed by atoms with E-state index in [-0.39, 0.29) is 11.8 Å². The molecule has 0 aliphatic rings. The monoisotopic (exact) mass is 338 g/mol. The van der Waals surface area contributed by atoms with Gasteiger partial charge in [0, 0.05) is 30.8 Å². The van der Waals surface area contributed by atoms with Gasteiger partial charge < -0.3 is 10.2 Å². The minimum Gasteiger partial charge on any atom is -0.335 e. The first kappa shape index (κ1) is 18.7. The number of hydrogen-bond acceptors (Lipinski definition) is 2.